The third-order valence-corrected chi connectivity index (χ3v) is 7.98. The second-order valence-corrected chi connectivity index (χ2v) is 10.6. The second kappa shape index (κ2) is 8.90. The molecule has 7 nitrogen and oxygen atoms in total. The average molecular weight is 487 g/mol. The van der Waals surface area contributed by atoms with E-state index in [2.05, 4.69) is 17.6 Å². The monoisotopic (exact) mass is 486 g/mol. The van der Waals surface area contributed by atoms with Gasteiger partial charge in [0.1, 0.15) is 10.6 Å². The molecule has 0 bridgehead atoms. The molecule has 10 heteroatoms. The fourth-order valence-electron chi connectivity index (χ4n) is 4.06. The molecule has 1 unspecified atom stereocenters. The number of amides is 3. The smallest absolute Gasteiger partial charge is 0.321 e. The number of fused-ring (bicyclic) bond motifs is 3. The van der Waals surface area contributed by atoms with Crippen LogP contribution in [0.5, 0.6) is 0 Å². The maximum atomic E-state index is 14.7. The summed E-state index contributed by atoms with van der Waals surface area (Å²) in [6.07, 6.45) is 4.53. The number of thiophene rings is 1. The lowest BCUT2D eigenvalue weighted by atomic mass is 9.89. The Hall–Kier alpha value is -2.72. The molecule has 2 N–H and O–H groups in total. The predicted molar refractivity (Wildman–Crippen MR) is 127 cm³/mol. The van der Waals surface area contributed by atoms with E-state index < -0.39 is 17.8 Å². The van der Waals surface area contributed by atoms with Crippen molar-refractivity contribution in [2.75, 3.05) is 5.75 Å². The van der Waals surface area contributed by atoms with Gasteiger partial charge in [-0.2, -0.15) is 0 Å². The van der Waals surface area contributed by atoms with Gasteiger partial charge in [-0.1, -0.05) is 30.8 Å². The Bertz CT molecular complexity index is 1320. The van der Waals surface area contributed by atoms with E-state index >= 15 is 0 Å². The molecular weight excluding hydrogens is 463 g/mol. The van der Waals surface area contributed by atoms with Crippen molar-refractivity contribution in [2.45, 2.75) is 50.2 Å². The van der Waals surface area contributed by atoms with Gasteiger partial charge >= 0.3 is 6.03 Å². The first kappa shape index (κ1) is 22.1. The summed E-state index contributed by atoms with van der Waals surface area (Å²) in [5.41, 5.74) is 0.781. The van der Waals surface area contributed by atoms with Crippen molar-refractivity contribution in [3.63, 3.8) is 0 Å². The molecule has 1 atom stereocenters. The van der Waals surface area contributed by atoms with Crippen LogP contribution in [0.1, 0.15) is 36.6 Å². The first-order valence-electron chi connectivity index (χ1n) is 11.0. The van der Waals surface area contributed by atoms with Crippen LogP contribution in [0.25, 0.3) is 15.9 Å². The minimum Gasteiger partial charge on any atom is -0.335 e. The molecule has 1 saturated carbocycles. The van der Waals surface area contributed by atoms with Crippen LogP contribution >= 0.6 is 23.1 Å². The molecule has 0 aliphatic heterocycles. The van der Waals surface area contributed by atoms with Crippen molar-refractivity contribution in [3.05, 3.63) is 50.9 Å². The fourth-order valence-corrected chi connectivity index (χ4v) is 6.29. The Labute approximate surface area is 197 Å². The first-order valence-corrected chi connectivity index (χ1v) is 12.8. The Morgan fingerprint density at radius 1 is 1.27 bits per heavy atom. The molecule has 0 radical (unpaired) electrons. The molecular formula is C23H23FN4O3S2. The van der Waals surface area contributed by atoms with E-state index in [4.69, 9.17) is 4.98 Å². The minimum atomic E-state index is -0.548. The summed E-state index contributed by atoms with van der Waals surface area (Å²) < 4.78 is 16.0. The van der Waals surface area contributed by atoms with E-state index in [9.17, 15) is 18.8 Å². The van der Waals surface area contributed by atoms with E-state index in [0.717, 1.165) is 54.3 Å². The van der Waals surface area contributed by atoms with E-state index in [0.29, 0.717) is 16.1 Å². The Morgan fingerprint density at radius 2 is 2.06 bits per heavy atom. The Morgan fingerprint density at radius 3 is 2.82 bits per heavy atom. The molecule has 2 heterocycles. The van der Waals surface area contributed by atoms with Crippen LogP contribution in [-0.4, -0.2) is 33.3 Å². The van der Waals surface area contributed by atoms with Crippen molar-refractivity contribution >= 4 is 45.3 Å². The molecule has 172 valence electrons. The molecule has 33 heavy (non-hydrogen) atoms. The van der Waals surface area contributed by atoms with Crippen LogP contribution in [0.15, 0.2) is 34.2 Å². The molecule has 3 amide bonds. The van der Waals surface area contributed by atoms with Crippen LogP contribution in [0, 0.1) is 11.7 Å². The van der Waals surface area contributed by atoms with Crippen molar-refractivity contribution in [2.24, 2.45) is 5.92 Å². The highest BCUT2D eigenvalue weighted by atomic mass is 32.2. The lowest BCUT2D eigenvalue weighted by Gasteiger charge is -2.18. The molecule has 3 aromatic rings. The number of imide groups is 1. The molecule has 2 aliphatic rings. The van der Waals surface area contributed by atoms with E-state index in [-0.39, 0.29) is 28.2 Å². The number of para-hydroxylation sites is 1. The Kier molecular flexibility index (Phi) is 5.96. The number of hydrogen-bond donors (Lipinski definition) is 2. The average Bonchev–Trinajstić information content (AvgIpc) is 3.50. The largest absolute Gasteiger partial charge is 0.335 e. The van der Waals surface area contributed by atoms with Crippen LogP contribution < -0.4 is 16.2 Å². The van der Waals surface area contributed by atoms with Gasteiger partial charge in [-0.3, -0.25) is 19.5 Å². The van der Waals surface area contributed by atoms with Gasteiger partial charge in [0, 0.05) is 10.9 Å². The van der Waals surface area contributed by atoms with Gasteiger partial charge in [-0.25, -0.2) is 14.2 Å². The number of hydrogen-bond acceptors (Lipinski definition) is 6. The molecule has 1 fully saturated rings. The second-order valence-electron chi connectivity index (χ2n) is 8.60. The third kappa shape index (κ3) is 4.54. The lowest BCUT2D eigenvalue weighted by Crippen LogP contribution is -2.41. The van der Waals surface area contributed by atoms with Crippen LogP contribution in [0.4, 0.5) is 9.18 Å². The summed E-state index contributed by atoms with van der Waals surface area (Å²) in [5, 5.41) is 5.75. The zero-order valence-corrected chi connectivity index (χ0v) is 19.7. The summed E-state index contributed by atoms with van der Waals surface area (Å²) in [5.74, 6) is -0.647. The number of thioether (sulfide) groups is 1. The third-order valence-electron chi connectivity index (χ3n) is 5.89. The summed E-state index contributed by atoms with van der Waals surface area (Å²) in [4.78, 5) is 44.3. The van der Waals surface area contributed by atoms with E-state index in [1.54, 1.807) is 12.1 Å². The zero-order valence-electron chi connectivity index (χ0n) is 18.0. The van der Waals surface area contributed by atoms with Gasteiger partial charge in [0.25, 0.3) is 5.56 Å². The van der Waals surface area contributed by atoms with Crippen LogP contribution in [0.2, 0.25) is 0 Å². The quantitative estimate of drug-likeness (QED) is 0.423. The van der Waals surface area contributed by atoms with Gasteiger partial charge in [-0.15, -0.1) is 11.3 Å². The zero-order chi connectivity index (χ0) is 23.1. The highest BCUT2D eigenvalue weighted by Crippen LogP contribution is 2.37. The first-order chi connectivity index (χ1) is 15.9. The normalized spacial score (nSPS) is 17.6. The highest BCUT2D eigenvalue weighted by molar-refractivity contribution is 7.99. The number of nitrogens with one attached hydrogen (secondary N) is 2. The number of carbonyl (C=O) groups excluding carboxylic acids is 2. The van der Waals surface area contributed by atoms with Gasteiger partial charge in [0.15, 0.2) is 5.16 Å². The van der Waals surface area contributed by atoms with Crippen molar-refractivity contribution < 1.29 is 14.0 Å². The van der Waals surface area contributed by atoms with Gasteiger partial charge in [-0.05, 0) is 55.7 Å². The number of rotatable bonds is 5. The van der Waals surface area contributed by atoms with Gasteiger partial charge in [0.05, 0.1) is 16.8 Å². The lowest BCUT2D eigenvalue weighted by molar-refractivity contribution is -0.117. The summed E-state index contributed by atoms with van der Waals surface area (Å²) in [7, 11) is 0. The van der Waals surface area contributed by atoms with Gasteiger partial charge < -0.3 is 5.32 Å². The summed E-state index contributed by atoms with van der Waals surface area (Å²) in [6.45, 7) is 2.19. The van der Waals surface area contributed by atoms with Crippen LogP contribution in [-0.2, 0) is 17.6 Å². The maximum absolute atomic E-state index is 14.7. The molecule has 2 aliphatic carbocycles. The Balaban J connectivity index is 1.51. The number of aryl methyl sites for hydroxylation is 1. The standard InChI is InChI=1S/C23H23FN4O3S2/c1-12-6-9-14-17(10-12)33-20-19(14)21(30)28(16-5-3-2-4-15(16)24)23(27-20)32-11-18(29)26-22(31)25-13-7-8-13/h2-5,12-13H,6-11H2,1H3,(H2,25,26,29,31). The molecule has 1 aromatic carbocycles. The number of urea groups is 1. The predicted octanol–water partition coefficient (Wildman–Crippen LogP) is 3.79. The number of aromatic nitrogens is 2. The number of benzene rings is 1. The van der Waals surface area contributed by atoms with Crippen molar-refractivity contribution in [3.8, 4) is 5.69 Å². The minimum absolute atomic E-state index is 0.0930. The molecule has 0 spiro atoms. The SMILES string of the molecule is CC1CCc2c(sc3nc(SCC(=O)NC(=O)NC4CC4)n(-c4ccccc4F)c(=O)c23)C1. The molecule has 5 rings (SSSR count). The maximum Gasteiger partial charge on any atom is 0.321 e. The van der Waals surface area contributed by atoms with Crippen molar-refractivity contribution in [1.82, 2.24) is 20.2 Å². The van der Waals surface area contributed by atoms with Crippen LogP contribution in [0.3, 0.4) is 0 Å². The number of carbonyl (C=O) groups is 2. The molecule has 0 saturated heterocycles. The van der Waals surface area contributed by atoms with Crippen molar-refractivity contribution in [1.29, 1.82) is 0 Å². The van der Waals surface area contributed by atoms with E-state index in [1.807, 2.05) is 0 Å². The molecule has 2 aromatic heterocycles. The highest BCUT2D eigenvalue weighted by Gasteiger charge is 2.27. The fraction of sp³-hybridized carbons (Fsp3) is 0.391. The van der Waals surface area contributed by atoms with E-state index in [1.165, 1.54) is 28.0 Å². The number of halogens is 1. The summed E-state index contributed by atoms with van der Waals surface area (Å²) in [6, 6.07) is 5.63. The topological polar surface area (TPSA) is 93.1 Å². The number of nitrogens with zero attached hydrogens (tertiary/aromatic N) is 2. The summed E-state index contributed by atoms with van der Waals surface area (Å²) >= 11 is 2.51. The van der Waals surface area contributed by atoms with Gasteiger partial charge in [0.2, 0.25) is 5.91 Å².